The van der Waals surface area contributed by atoms with Crippen molar-refractivity contribution in [2.75, 3.05) is 6.54 Å². The van der Waals surface area contributed by atoms with E-state index in [4.69, 9.17) is 18.6 Å². The number of hydrogen-bond acceptors (Lipinski definition) is 5. The molecule has 3 aliphatic heterocycles. The molecule has 1 amide bonds. The van der Waals surface area contributed by atoms with Crippen molar-refractivity contribution in [3.63, 3.8) is 0 Å². The zero-order valence-electron chi connectivity index (χ0n) is 14.5. The van der Waals surface area contributed by atoms with Gasteiger partial charge in [-0.05, 0) is 12.0 Å². The van der Waals surface area contributed by atoms with Gasteiger partial charge in [-0.2, -0.15) is 4.57 Å². The van der Waals surface area contributed by atoms with Gasteiger partial charge in [-0.15, -0.1) is 10.2 Å². The van der Waals surface area contributed by atoms with Gasteiger partial charge < -0.3 is 4.90 Å². The largest absolute Gasteiger partial charge is 0.338 e. The summed E-state index contributed by atoms with van der Waals surface area (Å²) in [6, 6.07) is 16.0. The Bertz CT molecular complexity index is 816. The van der Waals surface area contributed by atoms with Gasteiger partial charge in [-0.1, -0.05) is 30.3 Å². The van der Waals surface area contributed by atoms with Crippen LogP contribution < -0.4 is 23.2 Å². The Kier molecular flexibility index (Phi) is 4.65. The van der Waals surface area contributed by atoms with Crippen LogP contribution in [0.15, 0.2) is 48.7 Å². The monoisotopic (exact) mass is 390 g/mol. The number of carbonyl (C=O) groups is 1. The van der Waals surface area contributed by atoms with Crippen molar-refractivity contribution in [1.82, 2.24) is 4.90 Å². The first kappa shape index (κ1) is 18.3. The number of carbonyl (C=O) groups excluding carboxylic acids is 1. The predicted octanol–water partition coefficient (Wildman–Crippen LogP) is -2.35. The Morgan fingerprint density at radius 1 is 1.00 bits per heavy atom. The molecule has 3 unspecified atom stereocenters. The molecule has 4 aliphatic rings. The summed E-state index contributed by atoms with van der Waals surface area (Å²) < 4.78 is 36.4. The minimum Gasteiger partial charge on any atom is -0.338 e. The molecule has 2 aromatic rings. The highest BCUT2D eigenvalue weighted by atomic mass is 35.7. The molecule has 0 N–H and O–H groups in total. The van der Waals surface area contributed by atoms with Gasteiger partial charge in [0, 0.05) is 37.1 Å². The van der Waals surface area contributed by atoms with Crippen LogP contribution in [0.4, 0.5) is 0 Å². The molecule has 7 nitrogen and oxygen atoms in total. The SMILES string of the molecule is O=C1CCCN1C1CC2c3ccccc3C1c1cccc[n+]12.[O-][Cl+3]([O-])([O-])[O-]. The van der Waals surface area contributed by atoms with Gasteiger partial charge in [0.1, 0.15) is 0 Å². The Balaban J connectivity index is 0.000000323. The normalized spacial score (nSPS) is 25.6. The van der Waals surface area contributed by atoms with Crippen molar-refractivity contribution < 1.29 is 38.2 Å². The smallest absolute Gasteiger partial charge is 0.222 e. The zero-order chi connectivity index (χ0) is 19.2. The molecule has 0 radical (unpaired) electrons. The molecular weight excluding hydrogens is 372 g/mol. The summed E-state index contributed by atoms with van der Waals surface area (Å²) in [7, 11) is -4.94. The van der Waals surface area contributed by atoms with E-state index in [1.54, 1.807) is 0 Å². The molecule has 2 bridgehead atoms. The molecule has 0 spiro atoms. The molecule has 3 atom stereocenters. The Labute approximate surface area is 158 Å². The van der Waals surface area contributed by atoms with Crippen LogP contribution in [0.2, 0.25) is 0 Å². The van der Waals surface area contributed by atoms with E-state index >= 15 is 0 Å². The minimum absolute atomic E-state index is 0.324. The van der Waals surface area contributed by atoms with E-state index in [1.165, 1.54) is 16.8 Å². The average molecular weight is 391 g/mol. The maximum Gasteiger partial charge on any atom is 0.222 e. The zero-order valence-corrected chi connectivity index (χ0v) is 15.2. The van der Waals surface area contributed by atoms with Gasteiger partial charge >= 0.3 is 0 Å². The number of benzene rings is 1. The average Bonchev–Trinajstić information content (AvgIpc) is 3.06. The van der Waals surface area contributed by atoms with Crippen molar-refractivity contribution in [3.05, 3.63) is 65.5 Å². The molecule has 1 fully saturated rings. The lowest BCUT2D eigenvalue weighted by molar-refractivity contribution is -2.00. The van der Waals surface area contributed by atoms with E-state index in [0.717, 1.165) is 25.8 Å². The summed E-state index contributed by atoms with van der Waals surface area (Å²) in [5, 5.41) is 0. The number of halogens is 1. The van der Waals surface area contributed by atoms with Crippen LogP contribution in [0.25, 0.3) is 0 Å². The van der Waals surface area contributed by atoms with Crippen molar-refractivity contribution in [2.24, 2.45) is 0 Å². The van der Waals surface area contributed by atoms with Crippen LogP contribution in [0.5, 0.6) is 0 Å². The van der Waals surface area contributed by atoms with Crippen molar-refractivity contribution in [2.45, 2.75) is 37.3 Å². The van der Waals surface area contributed by atoms with Gasteiger partial charge in [-0.25, -0.2) is 18.6 Å². The molecule has 1 aliphatic carbocycles. The third-order valence-corrected chi connectivity index (χ3v) is 5.63. The van der Waals surface area contributed by atoms with E-state index in [0.29, 0.717) is 23.9 Å². The molecule has 142 valence electrons. The van der Waals surface area contributed by atoms with Crippen molar-refractivity contribution in [1.29, 1.82) is 0 Å². The summed E-state index contributed by atoms with van der Waals surface area (Å²) in [5.41, 5.74) is 4.23. The summed E-state index contributed by atoms with van der Waals surface area (Å²) in [5.74, 6) is 0.668. The third-order valence-electron chi connectivity index (χ3n) is 5.63. The highest BCUT2D eigenvalue weighted by Gasteiger charge is 2.52. The Hall–Kier alpha value is -2.03. The highest BCUT2D eigenvalue weighted by Crippen LogP contribution is 2.47. The number of nitrogens with zero attached hydrogens (tertiary/aromatic N) is 2. The van der Waals surface area contributed by atoms with Gasteiger partial charge in [-0.3, -0.25) is 4.79 Å². The second kappa shape index (κ2) is 6.85. The third kappa shape index (κ3) is 3.44. The molecule has 27 heavy (non-hydrogen) atoms. The molecule has 1 saturated heterocycles. The molecular formula is C19H19ClN2O5. The topological polar surface area (TPSA) is 116 Å². The Morgan fingerprint density at radius 3 is 2.33 bits per heavy atom. The summed E-state index contributed by atoms with van der Waals surface area (Å²) in [6.45, 7) is 0.932. The van der Waals surface area contributed by atoms with E-state index < -0.39 is 10.2 Å². The van der Waals surface area contributed by atoms with E-state index in [9.17, 15) is 4.79 Å². The quantitative estimate of drug-likeness (QED) is 0.505. The lowest BCUT2D eigenvalue weighted by Gasteiger charge is -2.43. The Morgan fingerprint density at radius 2 is 1.67 bits per heavy atom. The van der Waals surface area contributed by atoms with E-state index in [1.807, 2.05) is 0 Å². The van der Waals surface area contributed by atoms with Crippen LogP contribution in [0.3, 0.4) is 0 Å². The molecule has 4 heterocycles. The number of amides is 1. The fourth-order valence-electron chi connectivity index (χ4n) is 4.76. The van der Waals surface area contributed by atoms with Gasteiger partial charge in [0.2, 0.25) is 5.91 Å². The lowest BCUT2D eigenvalue weighted by atomic mass is 9.70. The van der Waals surface area contributed by atoms with Crippen LogP contribution in [-0.4, -0.2) is 23.4 Å². The summed E-state index contributed by atoms with van der Waals surface area (Å²) in [4.78, 5) is 14.4. The van der Waals surface area contributed by atoms with Crippen LogP contribution in [0, 0.1) is 10.2 Å². The lowest BCUT2D eigenvalue weighted by Crippen LogP contribution is -2.68. The van der Waals surface area contributed by atoms with Gasteiger partial charge in [0.25, 0.3) is 0 Å². The number of pyridine rings is 1. The van der Waals surface area contributed by atoms with E-state index in [2.05, 4.69) is 58.1 Å². The second-order valence-corrected chi connectivity index (χ2v) is 7.78. The summed E-state index contributed by atoms with van der Waals surface area (Å²) >= 11 is 0. The first-order valence-corrected chi connectivity index (χ1v) is 10.1. The van der Waals surface area contributed by atoms with Crippen LogP contribution in [0.1, 0.15) is 48.0 Å². The number of aromatic nitrogens is 1. The van der Waals surface area contributed by atoms with Gasteiger partial charge in [0.05, 0.1) is 12.0 Å². The highest BCUT2D eigenvalue weighted by molar-refractivity contribution is 5.78. The second-order valence-electron chi connectivity index (χ2n) is 7.03. The maximum atomic E-state index is 12.3. The van der Waals surface area contributed by atoms with Crippen LogP contribution in [-0.2, 0) is 4.79 Å². The van der Waals surface area contributed by atoms with Crippen molar-refractivity contribution in [3.8, 4) is 0 Å². The molecule has 0 saturated carbocycles. The minimum atomic E-state index is -4.94. The van der Waals surface area contributed by atoms with Gasteiger partial charge in [0.15, 0.2) is 17.9 Å². The molecule has 6 rings (SSSR count). The fraction of sp³-hybridized carbons (Fsp3) is 0.368. The standard InChI is InChI=1S/C19H19N2O.ClHO4/c22-18-9-5-11-21(18)17-12-16-13-6-1-2-7-14(13)19(17)15-8-3-4-10-20(15)16;2-1(3,4)5/h1-4,6-8,10,16-17,19H,5,9,11-12H2;(H,2,3,4,5)/q+1;/p-1. The molecule has 8 heteroatoms. The number of rotatable bonds is 1. The van der Waals surface area contributed by atoms with Crippen LogP contribution >= 0.6 is 0 Å². The molecule has 1 aromatic carbocycles. The van der Waals surface area contributed by atoms with Crippen molar-refractivity contribution >= 4 is 5.91 Å². The number of likely N-dealkylation sites (tertiary alicyclic amines) is 1. The maximum absolute atomic E-state index is 12.3. The van der Waals surface area contributed by atoms with E-state index in [-0.39, 0.29) is 0 Å². The first-order chi connectivity index (χ1) is 12.8. The first-order valence-electron chi connectivity index (χ1n) is 8.84. The number of fused-ring (bicyclic) bond motifs is 1. The molecule has 1 aromatic heterocycles. The number of hydrogen-bond donors (Lipinski definition) is 0. The summed E-state index contributed by atoms with van der Waals surface area (Å²) in [6.07, 6.45) is 4.99. The fourth-order valence-corrected chi connectivity index (χ4v) is 4.76. The predicted molar refractivity (Wildman–Crippen MR) is 82.4 cm³/mol.